The minimum atomic E-state index is -0.245. The number of carbonyl (C=O) groups is 2. The molecule has 146 valence electrons. The third-order valence-corrected chi connectivity index (χ3v) is 5.28. The third-order valence-electron chi connectivity index (χ3n) is 5.28. The standard InChI is InChI=1S/C21H23FN4O2/c22-18-8-4-5-9-19(18)24-10-12-25(13-11-24)21(28)23-16-14-20(27)26(15-16)17-6-2-1-3-7-17/h1-9,16H,10-15H2,(H,23,28)/t16-/m1/s1. The zero-order valence-electron chi connectivity index (χ0n) is 15.6. The Kier molecular flexibility index (Phi) is 5.14. The number of para-hydroxylation sites is 2. The lowest BCUT2D eigenvalue weighted by Gasteiger charge is -2.36. The molecule has 2 aliphatic heterocycles. The number of hydrogen-bond donors (Lipinski definition) is 1. The van der Waals surface area contributed by atoms with Gasteiger partial charge >= 0.3 is 6.03 Å². The van der Waals surface area contributed by atoms with Gasteiger partial charge in [-0.2, -0.15) is 0 Å². The highest BCUT2D eigenvalue weighted by atomic mass is 19.1. The molecule has 1 atom stereocenters. The number of nitrogens with zero attached hydrogens (tertiary/aromatic N) is 3. The molecule has 28 heavy (non-hydrogen) atoms. The molecular weight excluding hydrogens is 359 g/mol. The van der Waals surface area contributed by atoms with Crippen molar-refractivity contribution in [3.8, 4) is 0 Å². The number of amides is 3. The maximum absolute atomic E-state index is 13.9. The summed E-state index contributed by atoms with van der Waals surface area (Å²) in [5.74, 6) is -0.230. The maximum Gasteiger partial charge on any atom is 0.317 e. The van der Waals surface area contributed by atoms with Crippen LogP contribution in [0, 0.1) is 5.82 Å². The first-order valence-electron chi connectivity index (χ1n) is 9.52. The molecule has 6 nitrogen and oxygen atoms in total. The SMILES string of the molecule is O=C(N[C@@H]1CC(=O)N(c2ccccc2)C1)N1CCN(c2ccccc2F)CC1. The van der Waals surface area contributed by atoms with Crippen molar-refractivity contribution < 1.29 is 14.0 Å². The van der Waals surface area contributed by atoms with Gasteiger partial charge in [0.15, 0.2) is 0 Å². The van der Waals surface area contributed by atoms with Crippen molar-refractivity contribution in [2.45, 2.75) is 12.5 Å². The van der Waals surface area contributed by atoms with Crippen molar-refractivity contribution in [3.05, 3.63) is 60.4 Å². The number of hydrogen-bond acceptors (Lipinski definition) is 3. The van der Waals surface area contributed by atoms with Crippen molar-refractivity contribution in [1.82, 2.24) is 10.2 Å². The van der Waals surface area contributed by atoms with Crippen molar-refractivity contribution in [2.24, 2.45) is 0 Å². The average Bonchev–Trinajstić information content (AvgIpc) is 3.09. The van der Waals surface area contributed by atoms with E-state index in [9.17, 15) is 14.0 Å². The third kappa shape index (κ3) is 3.78. The summed E-state index contributed by atoms with van der Waals surface area (Å²) in [5, 5.41) is 2.98. The minimum absolute atomic E-state index is 0.0147. The van der Waals surface area contributed by atoms with Gasteiger partial charge in [0, 0.05) is 44.8 Å². The number of urea groups is 1. The van der Waals surface area contributed by atoms with E-state index in [1.165, 1.54) is 6.07 Å². The normalized spacial score (nSPS) is 19.8. The van der Waals surface area contributed by atoms with Gasteiger partial charge in [-0.05, 0) is 24.3 Å². The number of halogens is 1. The molecule has 2 aromatic carbocycles. The molecule has 0 saturated carbocycles. The Balaban J connectivity index is 1.31. The van der Waals surface area contributed by atoms with Crippen LogP contribution >= 0.6 is 0 Å². The van der Waals surface area contributed by atoms with E-state index < -0.39 is 0 Å². The van der Waals surface area contributed by atoms with Crippen LogP contribution in [0.25, 0.3) is 0 Å². The molecule has 3 amide bonds. The smallest absolute Gasteiger partial charge is 0.317 e. The highest BCUT2D eigenvalue weighted by Crippen LogP contribution is 2.22. The lowest BCUT2D eigenvalue weighted by Crippen LogP contribution is -2.54. The number of benzene rings is 2. The molecule has 0 radical (unpaired) electrons. The predicted octanol–water partition coefficient (Wildman–Crippen LogP) is 2.46. The molecule has 0 aromatic heterocycles. The lowest BCUT2D eigenvalue weighted by molar-refractivity contribution is -0.117. The summed E-state index contributed by atoms with van der Waals surface area (Å²) in [5.41, 5.74) is 1.42. The van der Waals surface area contributed by atoms with E-state index in [0.29, 0.717) is 44.8 Å². The molecule has 1 N–H and O–H groups in total. The first-order valence-corrected chi connectivity index (χ1v) is 9.52. The van der Waals surface area contributed by atoms with Crippen LogP contribution in [-0.2, 0) is 4.79 Å². The van der Waals surface area contributed by atoms with E-state index >= 15 is 0 Å². The van der Waals surface area contributed by atoms with Crippen LogP contribution < -0.4 is 15.1 Å². The van der Waals surface area contributed by atoms with Gasteiger partial charge in [-0.3, -0.25) is 4.79 Å². The van der Waals surface area contributed by atoms with Crippen molar-refractivity contribution in [2.75, 3.05) is 42.5 Å². The van der Waals surface area contributed by atoms with Gasteiger partial charge < -0.3 is 20.0 Å². The molecule has 4 rings (SSSR count). The van der Waals surface area contributed by atoms with E-state index in [1.807, 2.05) is 41.3 Å². The second-order valence-corrected chi connectivity index (χ2v) is 7.12. The van der Waals surface area contributed by atoms with Gasteiger partial charge in [0.1, 0.15) is 5.82 Å². The molecule has 0 bridgehead atoms. The van der Waals surface area contributed by atoms with Crippen LogP contribution in [0.1, 0.15) is 6.42 Å². The largest absolute Gasteiger partial charge is 0.366 e. The Morgan fingerprint density at radius 1 is 0.964 bits per heavy atom. The number of anilines is 2. The zero-order chi connectivity index (χ0) is 19.5. The molecule has 2 fully saturated rings. The van der Waals surface area contributed by atoms with Crippen LogP contribution in [-0.4, -0.2) is 55.6 Å². The van der Waals surface area contributed by atoms with Crippen LogP contribution in [0.15, 0.2) is 54.6 Å². The quantitative estimate of drug-likeness (QED) is 0.887. The Labute approximate surface area is 163 Å². The van der Waals surface area contributed by atoms with E-state index in [1.54, 1.807) is 21.9 Å². The lowest BCUT2D eigenvalue weighted by atomic mass is 10.2. The van der Waals surface area contributed by atoms with Gasteiger partial charge in [-0.1, -0.05) is 30.3 Å². The molecule has 2 aromatic rings. The molecule has 0 unspecified atom stereocenters. The molecule has 2 heterocycles. The highest BCUT2D eigenvalue weighted by molar-refractivity contribution is 5.96. The van der Waals surface area contributed by atoms with Crippen LogP contribution in [0.5, 0.6) is 0 Å². The van der Waals surface area contributed by atoms with Crippen LogP contribution in [0.2, 0.25) is 0 Å². The molecule has 2 aliphatic rings. The fraction of sp³-hybridized carbons (Fsp3) is 0.333. The van der Waals surface area contributed by atoms with Crippen molar-refractivity contribution in [1.29, 1.82) is 0 Å². The van der Waals surface area contributed by atoms with Gasteiger partial charge in [0.05, 0.1) is 11.7 Å². The summed E-state index contributed by atoms with van der Waals surface area (Å²) >= 11 is 0. The number of piperazine rings is 1. The van der Waals surface area contributed by atoms with E-state index in [0.717, 1.165) is 5.69 Å². The van der Waals surface area contributed by atoms with E-state index in [-0.39, 0.29) is 23.8 Å². The summed E-state index contributed by atoms with van der Waals surface area (Å²) in [4.78, 5) is 30.3. The summed E-state index contributed by atoms with van der Waals surface area (Å²) in [7, 11) is 0. The van der Waals surface area contributed by atoms with Crippen molar-refractivity contribution >= 4 is 23.3 Å². The summed E-state index contributed by atoms with van der Waals surface area (Å²) in [6.45, 7) is 2.67. The first-order chi connectivity index (χ1) is 13.6. The Morgan fingerprint density at radius 2 is 1.64 bits per heavy atom. The Hall–Kier alpha value is -3.09. The van der Waals surface area contributed by atoms with Gasteiger partial charge in [-0.25, -0.2) is 9.18 Å². The van der Waals surface area contributed by atoms with Gasteiger partial charge in [0.25, 0.3) is 0 Å². The minimum Gasteiger partial charge on any atom is -0.366 e. The first kappa shape index (κ1) is 18.3. The van der Waals surface area contributed by atoms with Gasteiger partial charge in [-0.15, -0.1) is 0 Å². The van der Waals surface area contributed by atoms with Crippen molar-refractivity contribution in [3.63, 3.8) is 0 Å². The number of nitrogens with one attached hydrogen (secondary N) is 1. The van der Waals surface area contributed by atoms with Crippen LogP contribution in [0.3, 0.4) is 0 Å². The Bertz CT molecular complexity index is 852. The number of rotatable bonds is 3. The topological polar surface area (TPSA) is 55.9 Å². The fourth-order valence-electron chi connectivity index (χ4n) is 3.79. The Morgan fingerprint density at radius 3 is 2.36 bits per heavy atom. The van der Waals surface area contributed by atoms with Gasteiger partial charge in [0.2, 0.25) is 5.91 Å². The molecule has 0 spiro atoms. The molecule has 0 aliphatic carbocycles. The van der Waals surface area contributed by atoms with E-state index in [4.69, 9.17) is 0 Å². The predicted molar refractivity (Wildman–Crippen MR) is 106 cm³/mol. The second kappa shape index (κ2) is 7.88. The monoisotopic (exact) mass is 382 g/mol. The zero-order valence-corrected chi connectivity index (χ0v) is 15.6. The summed E-state index contributed by atoms with van der Waals surface area (Å²) < 4.78 is 13.9. The fourth-order valence-corrected chi connectivity index (χ4v) is 3.79. The van der Waals surface area contributed by atoms with Crippen LogP contribution in [0.4, 0.5) is 20.6 Å². The van der Waals surface area contributed by atoms with E-state index in [2.05, 4.69) is 5.32 Å². The molecule has 2 saturated heterocycles. The number of carbonyl (C=O) groups excluding carboxylic acids is 2. The highest BCUT2D eigenvalue weighted by Gasteiger charge is 2.33. The molecule has 7 heteroatoms. The maximum atomic E-state index is 13.9. The summed E-state index contributed by atoms with van der Waals surface area (Å²) in [6.07, 6.45) is 0.301. The summed E-state index contributed by atoms with van der Waals surface area (Å²) in [6, 6.07) is 15.8. The average molecular weight is 382 g/mol. The second-order valence-electron chi connectivity index (χ2n) is 7.12. The molecular formula is C21H23FN4O2.